The molecule has 2 aliphatic rings. The van der Waals surface area contributed by atoms with E-state index in [-0.39, 0.29) is 36.1 Å². The third-order valence-corrected chi connectivity index (χ3v) is 18.4. The lowest BCUT2D eigenvalue weighted by molar-refractivity contribution is 0.0987. The Morgan fingerprint density at radius 2 is 0.887 bits per heavy atom. The highest BCUT2D eigenvalue weighted by Gasteiger charge is 2.35. The van der Waals surface area contributed by atoms with Gasteiger partial charge >= 0.3 is 12.2 Å². The number of Topliss-reactive ketones (excluding diaryl/α,β-unsaturated/α-hetero) is 3. The number of thiophene rings is 4. The van der Waals surface area contributed by atoms with Gasteiger partial charge < -0.3 is 9.47 Å². The van der Waals surface area contributed by atoms with Gasteiger partial charge in [-0.15, -0.1) is 45.3 Å². The molecule has 6 aromatic carbocycles. The lowest BCUT2D eigenvalue weighted by atomic mass is 10.0. The van der Waals surface area contributed by atoms with Gasteiger partial charge in [-0.3, -0.25) is 14.4 Å². The Morgan fingerprint density at radius 1 is 0.465 bits per heavy atom. The van der Waals surface area contributed by atoms with Gasteiger partial charge in [0.1, 0.15) is 13.2 Å². The summed E-state index contributed by atoms with van der Waals surface area (Å²) in [5.74, 6) is -0.676. The fourth-order valence-electron chi connectivity index (χ4n) is 10.1. The molecule has 13 heteroatoms. The number of ether oxygens (including phenoxy) is 2. The first kappa shape index (κ1) is 41.9. The van der Waals surface area contributed by atoms with Crippen molar-refractivity contribution in [3.63, 3.8) is 0 Å². The molecule has 0 unspecified atom stereocenters. The first-order chi connectivity index (χ1) is 34.7. The minimum absolute atomic E-state index is 0.00222. The molecule has 0 saturated heterocycles. The summed E-state index contributed by atoms with van der Waals surface area (Å²) in [7, 11) is 0. The van der Waals surface area contributed by atoms with Crippen molar-refractivity contribution in [2.45, 2.75) is 19.6 Å². The molecule has 0 bridgehead atoms. The van der Waals surface area contributed by atoms with Crippen molar-refractivity contribution in [2.24, 2.45) is 0 Å². The SMILES string of the molecule is O=C1/C(=C/c2cc3c(s2)c2sc4c(sc5c6sc(C=C7C(=O)c8cc9ccccc9cc8C7=O)cc6n(C(=O)OCc6ccccc6)c54)c2n3C(=O)OCc2ccccc2)Cc2cc3ccccc3cc21. The number of fused-ring (bicyclic) bond motifs is 13. The number of rotatable bonds is 6. The molecule has 0 aliphatic heterocycles. The number of hydrogen-bond donors (Lipinski definition) is 0. The van der Waals surface area contributed by atoms with Crippen molar-refractivity contribution in [1.29, 1.82) is 0 Å². The fraction of sp³-hybridized carbons (Fsp3) is 0.0517. The van der Waals surface area contributed by atoms with Gasteiger partial charge in [-0.1, -0.05) is 115 Å². The number of benzene rings is 6. The second-order valence-corrected chi connectivity index (χ2v) is 21.9. The summed E-state index contributed by atoms with van der Waals surface area (Å²) in [5.41, 5.74) is 7.44. The average molecular weight is 997 g/mol. The Bertz CT molecular complexity index is 4370. The van der Waals surface area contributed by atoms with Crippen molar-refractivity contribution in [2.75, 3.05) is 0 Å². The van der Waals surface area contributed by atoms with E-state index < -0.39 is 12.2 Å². The highest BCUT2D eigenvalue weighted by molar-refractivity contribution is 7.40. The molecule has 0 saturated carbocycles. The predicted molar refractivity (Wildman–Crippen MR) is 286 cm³/mol. The average Bonchev–Trinajstić information content (AvgIpc) is 4.29. The summed E-state index contributed by atoms with van der Waals surface area (Å²) in [6.07, 6.45) is 2.94. The van der Waals surface area contributed by atoms with Crippen LogP contribution < -0.4 is 0 Å². The third-order valence-electron chi connectivity index (χ3n) is 13.4. The van der Waals surface area contributed by atoms with E-state index in [0.717, 1.165) is 71.3 Å². The number of allylic oxidation sites excluding steroid dienone is 2. The standard InChI is InChI=1S/C58H32N2O7S4/c61-48-37(20-36-19-32-15-7-8-16-33(32)22-40(36)48)21-38-26-44-51(68-38)53-46(59(44)57(64)66-28-30-11-3-1-4-12-30)55-56(70-53)47-54(71-55)52-45(60(47)58(65)67-29-31-13-5-2-6-14-31)27-39(69-52)25-43-49(62)41-23-34-17-9-10-18-35(34)24-42(41)50(43)63/h1-19,21-27H,20,28-29H2/b37-21+. The predicted octanol–water partition coefficient (Wildman–Crippen LogP) is 15.3. The molecule has 2 aliphatic carbocycles. The molecular formula is C58H32N2O7S4. The Labute approximate surface area is 418 Å². The molecule has 0 radical (unpaired) electrons. The van der Waals surface area contributed by atoms with Crippen LogP contribution in [0.25, 0.3) is 84.0 Å². The van der Waals surface area contributed by atoms with E-state index in [0.29, 0.717) is 55.6 Å². The summed E-state index contributed by atoms with van der Waals surface area (Å²) in [5, 5.41) is 3.86. The zero-order chi connectivity index (χ0) is 47.6. The van der Waals surface area contributed by atoms with Crippen molar-refractivity contribution in [3.05, 3.63) is 200 Å². The smallest absolute Gasteiger partial charge is 0.419 e. The second-order valence-electron chi connectivity index (χ2n) is 17.7. The second kappa shape index (κ2) is 16.0. The van der Waals surface area contributed by atoms with E-state index in [9.17, 15) is 24.0 Å². The molecule has 6 aromatic heterocycles. The van der Waals surface area contributed by atoms with Crippen LogP contribution in [0.5, 0.6) is 0 Å². The fourth-order valence-corrected chi connectivity index (χ4v) is 15.4. The van der Waals surface area contributed by atoms with E-state index in [1.807, 2.05) is 127 Å². The number of ketones is 3. The maximum atomic E-state index is 14.6. The van der Waals surface area contributed by atoms with Crippen molar-refractivity contribution in [1.82, 2.24) is 9.13 Å². The molecule has 0 fully saturated rings. The number of hydrogen-bond acceptors (Lipinski definition) is 11. The lowest BCUT2D eigenvalue weighted by Crippen LogP contribution is -2.13. The first-order valence-electron chi connectivity index (χ1n) is 22.7. The molecule has 0 atom stereocenters. The highest BCUT2D eigenvalue weighted by Crippen LogP contribution is 2.53. The zero-order valence-corrected chi connectivity index (χ0v) is 40.3. The Balaban J connectivity index is 0.924. The molecule has 0 amide bonds. The summed E-state index contributed by atoms with van der Waals surface area (Å²) in [6, 6.07) is 46.1. The van der Waals surface area contributed by atoms with E-state index in [1.54, 1.807) is 27.3 Å². The summed E-state index contributed by atoms with van der Waals surface area (Å²) >= 11 is 5.87. The number of nitrogens with zero attached hydrogens (tertiary/aromatic N) is 2. The number of carbonyl (C=O) groups excluding carboxylic acids is 5. The molecule has 12 aromatic rings. The van der Waals surface area contributed by atoms with Crippen LogP contribution in [0.15, 0.2) is 157 Å². The van der Waals surface area contributed by atoms with Gasteiger partial charge in [-0.25, -0.2) is 18.7 Å². The first-order valence-corrected chi connectivity index (χ1v) is 26.0. The molecule has 340 valence electrons. The van der Waals surface area contributed by atoms with Crippen LogP contribution in [0, 0.1) is 0 Å². The van der Waals surface area contributed by atoms with Crippen LogP contribution >= 0.6 is 45.3 Å². The summed E-state index contributed by atoms with van der Waals surface area (Å²) in [6.45, 7) is 0.0925. The van der Waals surface area contributed by atoms with Crippen LogP contribution in [0.2, 0.25) is 0 Å². The normalized spacial score (nSPS) is 14.2. The van der Waals surface area contributed by atoms with Crippen LogP contribution in [0.4, 0.5) is 9.59 Å². The Hall–Kier alpha value is -8.07. The Kier molecular flexibility index (Phi) is 9.43. The maximum absolute atomic E-state index is 14.6. The molecule has 71 heavy (non-hydrogen) atoms. The van der Waals surface area contributed by atoms with Crippen LogP contribution in [-0.4, -0.2) is 38.7 Å². The summed E-state index contributed by atoms with van der Waals surface area (Å²) < 4.78 is 20.2. The van der Waals surface area contributed by atoms with Gasteiger partial charge in [0.25, 0.3) is 0 Å². The van der Waals surface area contributed by atoms with E-state index in [4.69, 9.17) is 9.47 Å². The van der Waals surface area contributed by atoms with Gasteiger partial charge in [-0.2, -0.15) is 0 Å². The molecule has 0 spiro atoms. The van der Waals surface area contributed by atoms with Gasteiger partial charge in [0.2, 0.25) is 0 Å². The van der Waals surface area contributed by atoms with Gasteiger partial charge in [-0.05, 0) is 80.7 Å². The van der Waals surface area contributed by atoms with Gasteiger partial charge in [0, 0.05) is 38.4 Å². The molecule has 6 heterocycles. The largest absolute Gasteiger partial charge is 0.444 e. The lowest BCUT2D eigenvalue weighted by Gasteiger charge is -2.07. The quantitative estimate of drug-likeness (QED) is 0.120. The maximum Gasteiger partial charge on any atom is 0.419 e. The van der Waals surface area contributed by atoms with E-state index >= 15 is 0 Å². The Morgan fingerprint density at radius 3 is 1.38 bits per heavy atom. The van der Waals surface area contributed by atoms with Crippen LogP contribution in [0.3, 0.4) is 0 Å². The van der Waals surface area contributed by atoms with Crippen molar-refractivity contribution in [3.8, 4) is 0 Å². The molecular weight excluding hydrogens is 965 g/mol. The van der Waals surface area contributed by atoms with E-state index in [2.05, 4.69) is 12.1 Å². The molecule has 9 nitrogen and oxygen atoms in total. The minimum atomic E-state index is -0.591. The topological polar surface area (TPSA) is 114 Å². The van der Waals surface area contributed by atoms with Gasteiger partial charge in [0.15, 0.2) is 17.3 Å². The number of aromatic nitrogens is 2. The van der Waals surface area contributed by atoms with Crippen LogP contribution in [0.1, 0.15) is 57.5 Å². The van der Waals surface area contributed by atoms with Crippen LogP contribution in [-0.2, 0) is 29.1 Å². The van der Waals surface area contributed by atoms with Crippen molar-refractivity contribution < 1.29 is 33.4 Å². The number of carbonyl (C=O) groups is 5. The highest BCUT2D eigenvalue weighted by atomic mass is 32.1. The zero-order valence-electron chi connectivity index (χ0n) is 37.0. The third kappa shape index (κ3) is 6.57. The van der Waals surface area contributed by atoms with Crippen molar-refractivity contribution >= 4 is 159 Å². The molecule has 14 rings (SSSR count). The molecule has 0 N–H and O–H groups in total. The monoisotopic (exact) mass is 996 g/mol. The van der Waals surface area contributed by atoms with E-state index in [1.165, 1.54) is 45.3 Å². The minimum Gasteiger partial charge on any atom is -0.444 e. The van der Waals surface area contributed by atoms with Gasteiger partial charge in [0.05, 0.1) is 55.8 Å². The summed E-state index contributed by atoms with van der Waals surface area (Å²) in [4.78, 5) is 72.3.